The van der Waals surface area contributed by atoms with Crippen molar-refractivity contribution in [3.8, 4) is 11.1 Å². The van der Waals surface area contributed by atoms with Crippen molar-refractivity contribution in [1.29, 1.82) is 0 Å². The molecule has 1 aliphatic rings. The molecule has 0 heterocycles. The number of nitrogens with one attached hydrogen (secondary N) is 2. The van der Waals surface area contributed by atoms with Gasteiger partial charge in [0, 0.05) is 12.5 Å². The smallest absolute Gasteiger partial charge is 0.407 e. The van der Waals surface area contributed by atoms with Gasteiger partial charge in [-0.1, -0.05) is 54.6 Å². The molecule has 0 radical (unpaired) electrons. The zero-order chi connectivity index (χ0) is 24.9. The fraction of sp³-hybridized carbons (Fsp3) is 0.292. The summed E-state index contributed by atoms with van der Waals surface area (Å²) in [5.74, 6) is -6.01. The summed E-state index contributed by atoms with van der Waals surface area (Å²) < 4.78 is 45.4. The highest BCUT2D eigenvalue weighted by Gasteiger charge is 2.46. The second kappa shape index (κ2) is 10.4. The van der Waals surface area contributed by atoms with Gasteiger partial charge in [0.2, 0.25) is 5.91 Å². The number of ether oxygens (including phenoxy) is 1. The van der Waals surface area contributed by atoms with Crippen LogP contribution < -0.4 is 10.6 Å². The van der Waals surface area contributed by atoms with Gasteiger partial charge in [0.1, 0.15) is 12.6 Å². The third kappa shape index (κ3) is 5.56. The lowest BCUT2D eigenvalue weighted by Gasteiger charge is -2.22. The number of halogens is 3. The summed E-state index contributed by atoms with van der Waals surface area (Å²) in [4.78, 5) is 35.4. The monoisotopic (exact) mass is 476 g/mol. The second-order valence-electron chi connectivity index (χ2n) is 7.72. The molecule has 3 N–H and O–H groups in total. The molecule has 0 aromatic heterocycles. The molecule has 2 aromatic rings. The number of carboxylic acid groups (broad SMARTS) is 1. The normalized spacial score (nSPS) is 14.3. The van der Waals surface area contributed by atoms with Crippen molar-refractivity contribution in [1.82, 2.24) is 10.6 Å². The molecule has 10 heteroatoms. The highest BCUT2D eigenvalue weighted by molar-refractivity contribution is 5.86. The van der Waals surface area contributed by atoms with Crippen LogP contribution in [-0.2, 0) is 14.3 Å². The Bertz CT molecular complexity index is 1040. The van der Waals surface area contributed by atoms with Crippen LogP contribution in [0.2, 0.25) is 0 Å². The maximum absolute atomic E-state index is 13.4. The number of alkyl halides is 3. The van der Waals surface area contributed by atoms with E-state index >= 15 is 0 Å². The Morgan fingerprint density at radius 3 is 2.12 bits per heavy atom. The minimum absolute atomic E-state index is 0.108. The maximum atomic E-state index is 13.4. The Balaban J connectivity index is 1.62. The molecule has 0 aliphatic heterocycles. The first kappa shape index (κ1) is 24.8. The van der Waals surface area contributed by atoms with E-state index in [1.54, 1.807) is 0 Å². The highest BCUT2D eigenvalue weighted by Crippen LogP contribution is 2.44. The van der Waals surface area contributed by atoms with E-state index in [1.165, 1.54) is 0 Å². The summed E-state index contributed by atoms with van der Waals surface area (Å²) in [6.07, 6.45) is -5.23. The maximum Gasteiger partial charge on any atom is 0.407 e. The Kier molecular flexibility index (Phi) is 7.60. The third-order valence-electron chi connectivity index (χ3n) is 5.52. The van der Waals surface area contributed by atoms with Gasteiger partial charge in [-0.15, -0.1) is 6.58 Å². The number of aliphatic carboxylic acids is 1. The van der Waals surface area contributed by atoms with Crippen LogP contribution in [0.15, 0.2) is 61.2 Å². The Labute approximate surface area is 193 Å². The van der Waals surface area contributed by atoms with E-state index in [2.05, 4.69) is 6.58 Å². The zero-order valence-corrected chi connectivity index (χ0v) is 18.0. The molecule has 2 unspecified atom stereocenters. The van der Waals surface area contributed by atoms with E-state index < -0.39 is 42.7 Å². The zero-order valence-electron chi connectivity index (χ0n) is 18.0. The molecule has 3 rings (SSSR count). The molecule has 1 aliphatic carbocycles. The van der Waals surface area contributed by atoms with Crippen LogP contribution in [0.1, 0.15) is 23.5 Å². The van der Waals surface area contributed by atoms with Crippen molar-refractivity contribution in [2.45, 2.75) is 24.6 Å². The van der Waals surface area contributed by atoms with Gasteiger partial charge in [-0.2, -0.15) is 13.2 Å². The summed E-state index contributed by atoms with van der Waals surface area (Å²) in [6.45, 7) is 2.10. The Morgan fingerprint density at radius 1 is 1.06 bits per heavy atom. The van der Waals surface area contributed by atoms with Crippen LogP contribution >= 0.6 is 0 Å². The van der Waals surface area contributed by atoms with Crippen LogP contribution in [0.25, 0.3) is 11.1 Å². The van der Waals surface area contributed by atoms with Crippen molar-refractivity contribution in [3.63, 3.8) is 0 Å². The van der Waals surface area contributed by atoms with Crippen LogP contribution in [-0.4, -0.2) is 48.4 Å². The van der Waals surface area contributed by atoms with Gasteiger partial charge in [0.25, 0.3) is 0 Å². The number of alkyl carbamates (subject to hydrolysis) is 1. The van der Waals surface area contributed by atoms with Crippen molar-refractivity contribution in [2.75, 3.05) is 13.2 Å². The third-order valence-corrected chi connectivity index (χ3v) is 5.52. The molecule has 7 nitrogen and oxygen atoms in total. The summed E-state index contributed by atoms with van der Waals surface area (Å²) in [5.41, 5.74) is 3.86. The summed E-state index contributed by atoms with van der Waals surface area (Å²) in [5, 5.41) is 12.8. The number of carboxylic acids is 1. The number of carbonyl (C=O) groups is 3. The quantitative estimate of drug-likeness (QED) is 0.477. The van der Waals surface area contributed by atoms with E-state index in [0.717, 1.165) is 28.3 Å². The van der Waals surface area contributed by atoms with Gasteiger partial charge in [-0.05, 0) is 28.7 Å². The molecular weight excluding hydrogens is 453 g/mol. The number of hydrogen-bond donors (Lipinski definition) is 3. The van der Waals surface area contributed by atoms with Gasteiger partial charge in [0.05, 0.1) is 0 Å². The fourth-order valence-corrected chi connectivity index (χ4v) is 3.85. The molecule has 2 atom stereocenters. The van der Waals surface area contributed by atoms with E-state index in [1.807, 2.05) is 59.2 Å². The Morgan fingerprint density at radius 2 is 1.62 bits per heavy atom. The van der Waals surface area contributed by atoms with Crippen LogP contribution in [0, 0.1) is 5.92 Å². The van der Waals surface area contributed by atoms with E-state index in [-0.39, 0.29) is 18.9 Å². The molecule has 0 spiro atoms. The predicted molar refractivity (Wildman–Crippen MR) is 117 cm³/mol. The standard InChI is InChI=1S/C24H23F3N2O5/c1-2-7-20(22(31)32)29-21(30)19(24(25,26)27)12-28-23(33)34-13-18-16-10-5-3-8-14(16)15-9-4-6-11-17(15)18/h2-6,8-11,18-20H,1,7,12-13H2,(H,28,33)(H,29,30)(H,31,32). The first-order chi connectivity index (χ1) is 16.1. The summed E-state index contributed by atoms with van der Waals surface area (Å²) >= 11 is 0. The summed E-state index contributed by atoms with van der Waals surface area (Å²) in [7, 11) is 0. The Hall–Kier alpha value is -3.82. The first-order valence-electron chi connectivity index (χ1n) is 10.4. The number of fused-ring (bicyclic) bond motifs is 3. The number of benzene rings is 2. The molecular formula is C24H23F3N2O5. The predicted octanol–water partition coefficient (Wildman–Crippen LogP) is 3.85. The summed E-state index contributed by atoms with van der Waals surface area (Å²) in [6, 6.07) is 13.6. The van der Waals surface area contributed by atoms with Gasteiger partial charge in [-0.3, -0.25) is 4.79 Å². The van der Waals surface area contributed by atoms with E-state index in [9.17, 15) is 27.6 Å². The van der Waals surface area contributed by atoms with Gasteiger partial charge < -0.3 is 20.5 Å². The number of rotatable bonds is 9. The first-order valence-corrected chi connectivity index (χ1v) is 10.4. The number of carbonyl (C=O) groups excluding carboxylic acids is 2. The van der Waals surface area contributed by atoms with Crippen LogP contribution in [0.3, 0.4) is 0 Å². The van der Waals surface area contributed by atoms with Crippen LogP contribution in [0.5, 0.6) is 0 Å². The lowest BCUT2D eigenvalue weighted by Crippen LogP contribution is -2.50. The lowest BCUT2D eigenvalue weighted by atomic mass is 9.98. The minimum Gasteiger partial charge on any atom is -0.480 e. The number of hydrogen-bond acceptors (Lipinski definition) is 4. The molecule has 180 valence electrons. The second-order valence-corrected chi connectivity index (χ2v) is 7.72. The molecule has 0 bridgehead atoms. The molecule has 0 saturated carbocycles. The van der Waals surface area contributed by atoms with Gasteiger partial charge >= 0.3 is 18.2 Å². The average molecular weight is 476 g/mol. The van der Waals surface area contributed by atoms with Crippen molar-refractivity contribution >= 4 is 18.0 Å². The van der Waals surface area contributed by atoms with E-state index in [0.29, 0.717) is 0 Å². The SMILES string of the molecule is C=CCC(NC(=O)C(CNC(=O)OCC1c2ccccc2-c2ccccc21)C(F)(F)F)C(=O)O. The highest BCUT2D eigenvalue weighted by atomic mass is 19.4. The van der Waals surface area contributed by atoms with Gasteiger partial charge in [0.15, 0.2) is 5.92 Å². The van der Waals surface area contributed by atoms with Gasteiger partial charge in [-0.25, -0.2) is 9.59 Å². The average Bonchev–Trinajstić information content (AvgIpc) is 3.10. The molecule has 2 amide bonds. The molecule has 0 saturated heterocycles. The molecule has 2 aromatic carbocycles. The molecule has 34 heavy (non-hydrogen) atoms. The largest absolute Gasteiger partial charge is 0.480 e. The van der Waals surface area contributed by atoms with E-state index in [4.69, 9.17) is 9.84 Å². The minimum atomic E-state index is -5.02. The van der Waals surface area contributed by atoms with Crippen molar-refractivity contribution in [2.24, 2.45) is 5.92 Å². The number of amides is 2. The lowest BCUT2D eigenvalue weighted by molar-refractivity contribution is -0.182. The fourth-order valence-electron chi connectivity index (χ4n) is 3.85. The van der Waals surface area contributed by atoms with Crippen molar-refractivity contribution < 1.29 is 37.4 Å². The van der Waals surface area contributed by atoms with Crippen LogP contribution in [0.4, 0.5) is 18.0 Å². The topological polar surface area (TPSA) is 105 Å². The van der Waals surface area contributed by atoms with Crippen molar-refractivity contribution in [3.05, 3.63) is 72.3 Å². The molecule has 0 fully saturated rings.